The maximum atomic E-state index is 12.6. The van der Waals surface area contributed by atoms with Crippen LogP contribution >= 0.6 is 11.3 Å². The number of hydrogen-bond donors (Lipinski definition) is 0. The predicted octanol–water partition coefficient (Wildman–Crippen LogP) is 1.91. The molecule has 6 nitrogen and oxygen atoms in total. The number of carbonyl (C=O) groups is 1. The summed E-state index contributed by atoms with van der Waals surface area (Å²) in [5, 5.41) is 10.7. The van der Waals surface area contributed by atoms with Crippen molar-refractivity contribution in [2.45, 2.75) is 39.0 Å². The highest BCUT2D eigenvalue weighted by molar-refractivity contribution is 7.15. The van der Waals surface area contributed by atoms with Gasteiger partial charge >= 0.3 is 0 Å². The van der Waals surface area contributed by atoms with Gasteiger partial charge in [-0.3, -0.25) is 4.79 Å². The lowest BCUT2D eigenvalue weighted by Crippen LogP contribution is -2.46. The van der Waals surface area contributed by atoms with Crippen molar-refractivity contribution in [1.29, 1.82) is 0 Å². The number of amides is 1. The van der Waals surface area contributed by atoms with Gasteiger partial charge in [-0.2, -0.15) is 0 Å². The van der Waals surface area contributed by atoms with Crippen LogP contribution in [0.15, 0.2) is 0 Å². The predicted molar refractivity (Wildman–Crippen MR) is 90.9 cm³/mol. The first kappa shape index (κ1) is 16.6. The number of rotatable bonds is 2. The molecule has 1 aromatic rings. The summed E-state index contributed by atoms with van der Waals surface area (Å²) in [6.07, 6.45) is 1.81. The van der Waals surface area contributed by atoms with Crippen molar-refractivity contribution in [3.63, 3.8) is 0 Å². The molecule has 128 valence electrons. The van der Waals surface area contributed by atoms with Gasteiger partial charge < -0.3 is 14.5 Å². The summed E-state index contributed by atoms with van der Waals surface area (Å²) in [4.78, 5) is 16.8. The highest BCUT2D eigenvalue weighted by Gasteiger charge is 2.31. The molecule has 2 aliphatic rings. The molecule has 2 fully saturated rings. The van der Waals surface area contributed by atoms with Crippen molar-refractivity contribution in [2.24, 2.45) is 5.92 Å². The van der Waals surface area contributed by atoms with E-state index in [-0.39, 0.29) is 11.3 Å². The van der Waals surface area contributed by atoms with E-state index in [0.717, 1.165) is 49.2 Å². The number of ether oxygens (including phenoxy) is 1. The molecule has 3 rings (SSSR count). The van der Waals surface area contributed by atoms with Crippen LogP contribution in [0.3, 0.4) is 0 Å². The van der Waals surface area contributed by atoms with Crippen LogP contribution in [0.2, 0.25) is 0 Å². The molecular weight excluding hydrogens is 312 g/mol. The van der Waals surface area contributed by atoms with E-state index in [1.807, 2.05) is 4.90 Å². The SMILES string of the molecule is CC(C)(C)c1nnc(N2CCC(C(=O)N3CCOCC3)CC2)s1. The summed E-state index contributed by atoms with van der Waals surface area (Å²) in [6.45, 7) is 11.1. The topological polar surface area (TPSA) is 58.6 Å². The van der Waals surface area contributed by atoms with Crippen molar-refractivity contribution in [2.75, 3.05) is 44.3 Å². The average molecular weight is 338 g/mol. The van der Waals surface area contributed by atoms with E-state index >= 15 is 0 Å². The molecule has 0 bridgehead atoms. The molecular formula is C16H26N4O2S. The lowest BCUT2D eigenvalue weighted by Gasteiger charge is -2.35. The summed E-state index contributed by atoms with van der Waals surface area (Å²) in [6, 6.07) is 0. The second kappa shape index (κ2) is 6.73. The molecule has 3 heterocycles. The van der Waals surface area contributed by atoms with Crippen molar-refractivity contribution < 1.29 is 9.53 Å². The normalized spacial score (nSPS) is 20.8. The molecule has 23 heavy (non-hydrogen) atoms. The number of hydrogen-bond acceptors (Lipinski definition) is 6. The molecule has 0 radical (unpaired) electrons. The van der Waals surface area contributed by atoms with Crippen LogP contribution in [-0.2, 0) is 14.9 Å². The first-order valence-corrected chi connectivity index (χ1v) is 9.22. The molecule has 0 unspecified atom stereocenters. The van der Waals surface area contributed by atoms with Gasteiger partial charge in [-0.25, -0.2) is 0 Å². The number of aromatic nitrogens is 2. The Balaban J connectivity index is 1.55. The van der Waals surface area contributed by atoms with Gasteiger partial charge in [-0.1, -0.05) is 32.1 Å². The Morgan fingerprint density at radius 2 is 1.78 bits per heavy atom. The van der Waals surface area contributed by atoms with E-state index in [2.05, 4.69) is 35.9 Å². The number of nitrogens with zero attached hydrogens (tertiary/aromatic N) is 4. The van der Waals surface area contributed by atoms with E-state index in [1.54, 1.807) is 11.3 Å². The highest BCUT2D eigenvalue weighted by Crippen LogP contribution is 2.32. The third-order valence-corrected chi connectivity index (χ3v) is 5.90. The van der Waals surface area contributed by atoms with Crippen LogP contribution in [-0.4, -0.2) is 60.4 Å². The molecule has 2 aliphatic heterocycles. The fourth-order valence-corrected chi connectivity index (χ4v) is 3.96. The highest BCUT2D eigenvalue weighted by atomic mass is 32.1. The first-order valence-electron chi connectivity index (χ1n) is 8.40. The molecule has 0 saturated carbocycles. The molecule has 0 aromatic carbocycles. The van der Waals surface area contributed by atoms with Gasteiger partial charge in [-0.15, -0.1) is 10.2 Å². The third-order valence-electron chi connectivity index (χ3n) is 4.49. The fourth-order valence-electron chi connectivity index (χ4n) is 3.01. The van der Waals surface area contributed by atoms with Crippen LogP contribution in [0, 0.1) is 5.92 Å². The van der Waals surface area contributed by atoms with Crippen molar-refractivity contribution in [3.8, 4) is 0 Å². The minimum atomic E-state index is 0.0422. The summed E-state index contributed by atoms with van der Waals surface area (Å²) >= 11 is 1.68. The van der Waals surface area contributed by atoms with Gasteiger partial charge in [-0.05, 0) is 12.8 Å². The number of carbonyl (C=O) groups excluding carboxylic acids is 1. The molecule has 2 saturated heterocycles. The van der Waals surface area contributed by atoms with E-state index in [9.17, 15) is 4.79 Å². The van der Waals surface area contributed by atoms with Crippen LogP contribution in [0.1, 0.15) is 38.6 Å². The minimum absolute atomic E-state index is 0.0422. The van der Waals surface area contributed by atoms with Crippen molar-refractivity contribution >= 4 is 22.4 Å². The Morgan fingerprint density at radius 3 is 2.35 bits per heavy atom. The quantitative estimate of drug-likeness (QED) is 0.824. The fraction of sp³-hybridized carbons (Fsp3) is 0.812. The largest absolute Gasteiger partial charge is 0.378 e. The Hall–Kier alpha value is -1.21. The average Bonchev–Trinajstić information content (AvgIpc) is 3.05. The van der Waals surface area contributed by atoms with Gasteiger partial charge in [0.05, 0.1) is 13.2 Å². The number of piperidine rings is 1. The monoisotopic (exact) mass is 338 g/mol. The molecule has 0 spiro atoms. The van der Waals surface area contributed by atoms with Crippen LogP contribution in [0.5, 0.6) is 0 Å². The zero-order valence-corrected chi connectivity index (χ0v) is 15.1. The zero-order valence-electron chi connectivity index (χ0n) is 14.2. The van der Waals surface area contributed by atoms with Crippen molar-refractivity contribution in [1.82, 2.24) is 15.1 Å². The maximum Gasteiger partial charge on any atom is 0.225 e. The van der Waals surface area contributed by atoms with E-state index in [0.29, 0.717) is 19.1 Å². The number of morpholine rings is 1. The smallest absolute Gasteiger partial charge is 0.225 e. The molecule has 1 aromatic heterocycles. The second-order valence-corrected chi connectivity index (χ2v) is 8.29. The Bertz CT molecular complexity index is 541. The van der Waals surface area contributed by atoms with Gasteiger partial charge in [0.1, 0.15) is 5.01 Å². The molecule has 0 atom stereocenters. The summed E-state index contributed by atoms with van der Waals surface area (Å²) in [5.74, 6) is 0.458. The number of anilines is 1. The van der Waals surface area contributed by atoms with E-state index < -0.39 is 0 Å². The summed E-state index contributed by atoms with van der Waals surface area (Å²) < 4.78 is 5.33. The Kier molecular flexibility index (Phi) is 4.87. The van der Waals surface area contributed by atoms with Gasteiger partial charge in [0.25, 0.3) is 0 Å². The molecule has 1 amide bonds. The van der Waals surface area contributed by atoms with E-state index in [4.69, 9.17) is 4.74 Å². The lowest BCUT2D eigenvalue weighted by molar-refractivity contribution is -0.140. The molecule has 0 aliphatic carbocycles. The van der Waals surface area contributed by atoms with E-state index in [1.165, 1.54) is 0 Å². The van der Waals surface area contributed by atoms with Gasteiger partial charge in [0.15, 0.2) is 0 Å². The minimum Gasteiger partial charge on any atom is -0.378 e. The summed E-state index contributed by atoms with van der Waals surface area (Å²) in [5.41, 5.74) is 0.0422. The molecule has 0 N–H and O–H groups in total. The zero-order chi connectivity index (χ0) is 16.4. The van der Waals surface area contributed by atoms with Crippen molar-refractivity contribution in [3.05, 3.63) is 5.01 Å². The lowest BCUT2D eigenvalue weighted by atomic mass is 9.95. The first-order chi connectivity index (χ1) is 10.9. The Labute approximate surface area is 141 Å². The van der Waals surface area contributed by atoms with Crippen LogP contribution in [0.25, 0.3) is 0 Å². The standard InChI is InChI=1S/C16H26N4O2S/c1-16(2,3)14-17-18-15(23-14)20-6-4-12(5-7-20)13(21)19-8-10-22-11-9-19/h12H,4-11H2,1-3H3. The second-order valence-electron chi connectivity index (χ2n) is 7.34. The maximum absolute atomic E-state index is 12.6. The summed E-state index contributed by atoms with van der Waals surface area (Å²) in [7, 11) is 0. The van der Waals surface area contributed by atoms with Gasteiger partial charge in [0.2, 0.25) is 11.0 Å². The Morgan fingerprint density at radius 1 is 1.13 bits per heavy atom. The van der Waals surface area contributed by atoms with Crippen LogP contribution < -0.4 is 4.90 Å². The van der Waals surface area contributed by atoms with Gasteiger partial charge in [0, 0.05) is 37.5 Å². The van der Waals surface area contributed by atoms with Crippen LogP contribution in [0.4, 0.5) is 5.13 Å². The third kappa shape index (κ3) is 3.83. The molecule has 7 heteroatoms.